The molecule has 0 spiro atoms. The second-order valence-electron chi connectivity index (χ2n) is 6.26. The van der Waals surface area contributed by atoms with Gasteiger partial charge in [-0.3, -0.25) is 4.79 Å². The fourth-order valence-corrected chi connectivity index (χ4v) is 3.77. The summed E-state index contributed by atoms with van der Waals surface area (Å²) in [7, 11) is 1.86. The Kier molecular flexibility index (Phi) is 5.90. The van der Waals surface area contributed by atoms with Crippen LogP contribution in [-0.4, -0.2) is 37.0 Å². The van der Waals surface area contributed by atoms with E-state index in [0.717, 1.165) is 25.1 Å². The summed E-state index contributed by atoms with van der Waals surface area (Å²) in [4.78, 5) is 14.7. The Labute approximate surface area is 162 Å². The van der Waals surface area contributed by atoms with E-state index in [-0.39, 0.29) is 17.9 Å². The Morgan fingerprint density at radius 2 is 1.80 bits per heavy atom. The summed E-state index contributed by atoms with van der Waals surface area (Å²) in [6.07, 6.45) is 0.876. The lowest BCUT2D eigenvalue weighted by Gasteiger charge is -2.39. The Hall–Kier alpha value is -1.26. The fourth-order valence-electron chi connectivity index (χ4n) is 3.34. The summed E-state index contributed by atoms with van der Waals surface area (Å²) < 4.78 is 0. The van der Waals surface area contributed by atoms with Gasteiger partial charge in [0, 0.05) is 36.1 Å². The third kappa shape index (κ3) is 4.12. The van der Waals surface area contributed by atoms with Gasteiger partial charge in [0.2, 0.25) is 0 Å². The summed E-state index contributed by atoms with van der Waals surface area (Å²) in [5.41, 5.74) is 1.72. The average molecular weight is 398 g/mol. The van der Waals surface area contributed by atoms with E-state index in [1.165, 1.54) is 0 Å². The van der Waals surface area contributed by atoms with Crippen molar-refractivity contribution in [2.75, 3.05) is 20.1 Å². The first-order valence-corrected chi connectivity index (χ1v) is 9.29. The van der Waals surface area contributed by atoms with E-state index >= 15 is 0 Å². The van der Waals surface area contributed by atoms with Crippen LogP contribution in [0.2, 0.25) is 15.1 Å². The van der Waals surface area contributed by atoms with Gasteiger partial charge in [0.05, 0.1) is 10.0 Å². The van der Waals surface area contributed by atoms with Crippen LogP contribution in [0.25, 0.3) is 0 Å². The first-order chi connectivity index (χ1) is 12.0. The van der Waals surface area contributed by atoms with Gasteiger partial charge in [-0.2, -0.15) is 0 Å². The van der Waals surface area contributed by atoms with Gasteiger partial charge in [0.15, 0.2) is 0 Å². The lowest BCUT2D eigenvalue weighted by molar-refractivity contribution is 0.0679. The van der Waals surface area contributed by atoms with E-state index in [1.54, 1.807) is 24.3 Å². The standard InChI is InChI=1S/C19H19Cl3N2O/c1-24(19(25)12-2-5-14(20)6-3-12)18-8-9-23-11-15(18)13-4-7-16(21)17(22)10-13/h2-7,10,15,18,23H,8-9,11H2,1H3. The molecule has 2 aromatic carbocycles. The SMILES string of the molecule is CN(C(=O)c1ccc(Cl)cc1)C1CCNCC1c1ccc(Cl)c(Cl)c1. The van der Waals surface area contributed by atoms with Crippen LogP contribution in [0.3, 0.4) is 0 Å². The number of amides is 1. The van der Waals surface area contributed by atoms with E-state index in [1.807, 2.05) is 30.1 Å². The zero-order chi connectivity index (χ0) is 18.0. The summed E-state index contributed by atoms with van der Waals surface area (Å²) in [6, 6.07) is 12.8. The lowest BCUT2D eigenvalue weighted by atomic mass is 9.85. The normalized spacial score (nSPS) is 20.3. The number of carbonyl (C=O) groups is 1. The predicted molar refractivity (Wildman–Crippen MR) is 104 cm³/mol. The Morgan fingerprint density at radius 3 is 2.48 bits per heavy atom. The number of nitrogens with one attached hydrogen (secondary N) is 1. The smallest absolute Gasteiger partial charge is 0.253 e. The monoisotopic (exact) mass is 396 g/mol. The highest BCUT2D eigenvalue weighted by Gasteiger charge is 2.32. The molecule has 3 nitrogen and oxygen atoms in total. The highest BCUT2D eigenvalue weighted by atomic mass is 35.5. The molecule has 6 heteroatoms. The molecule has 25 heavy (non-hydrogen) atoms. The Balaban J connectivity index is 1.85. The Morgan fingerprint density at radius 1 is 1.08 bits per heavy atom. The topological polar surface area (TPSA) is 32.3 Å². The predicted octanol–water partition coefficient (Wildman–Crippen LogP) is 4.86. The fraction of sp³-hybridized carbons (Fsp3) is 0.316. The number of benzene rings is 2. The molecule has 1 aliphatic heterocycles. The van der Waals surface area contributed by atoms with Crippen molar-refractivity contribution in [2.45, 2.75) is 18.4 Å². The molecular weight excluding hydrogens is 379 g/mol. The summed E-state index contributed by atoms with van der Waals surface area (Å²) in [5, 5.41) is 5.10. The Bertz CT molecular complexity index is 764. The van der Waals surface area contributed by atoms with E-state index < -0.39 is 0 Å². The van der Waals surface area contributed by atoms with Crippen LogP contribution < -0.4 is 5.32 Å². The van der Waals surface area contributed by atoms with Crippen LogP contribution in [0.1, 0.15) is 28.3 Å². The highest BCUT2D eigenvalue weighted by molar-refractivity contribution is 6.42. The van der Waals surface area contributed by atoms with Crippen LogP contribution in [0.5, 0.6) is 0 Å². The molecule has 3 rings (SSSR count). The first kappa shape index (κ1) is 18.5. The van der Waals surface area contributed by atoms with Gasteiger partial charge in [-0.25, -0.2) is 0 Å². The summed E-state index contributed by atoms with van der Waals surface area (Å²) in [5.74, 6) is 0.151. The van der Waals surface area contributed by atoms with Crippen LogP contribution in [0, 0.1) is 0 Å². The van der Waals surface area contributed by atoms with Crippen molar-refractivity contribution in [3.63, 3.8) is 0 Å². The van der Waals surface area contributed by atoms with Crippen LogP contribution in [0.4, 0.5) is 0 Å². The number of likely N-dealkylation sites (N-methyl/N-ethyl adjacent to an activating group) is 1. The highest BCUT2D eigenvalue weighted by Crippen LogP contribution is 2.32. The van der Waals surface area contributed by atoms with Gasteiger partial charge in [-0.15, -0.1) is 0 Å². The molecule has 1 saturated heterocycles. The van der Waals surface area contributed by atoms with Gasteiger partial charge >= 0.3 is 0 Å². The third-order valence-electron chi connectivity index (χ3n) is 4.73. The minimum atomic E-state index is -0.00590. The van der Waals surface area contributed by atoms with Crippen LogP contribution >= 0.6 is 34.8 Å². The van der Waals surface area contributed by atoms with Gasteiger partial charge < -0.3 is 10.2 Å². The molecule has 0 aliphatic carbocycles. The molecule has 0 bridgehead atoms. The largest absolute Gasteiger partial charge is 0.338 e. The molecule has 0 saturated carbocycles. The lowest BCUT2D eigenvalue weighted by Crippen LogP contribution is -2.49. The van der Waals surface area contributed by atoms with Crippen LogP contribution in [-0.2, 0) is 0 Å². The van der Waals surface area contributed by atoms with Crippen molar-refractivity contribution >= 4 is 40.7 Å². The molecule has 1 amide bonds. The molecule has 1 aliphatic rings. The summed E-state index contributed by atoms with van der Waals surface area (Å²) >= 11 is 18.1. The first-order valence-electron chi connectivity index (χ1n) is 8.16. The van der Waals surface area contributed by atoms with Gasteiger partial charge in [-0.1, -0.05) is 40.9 Å². The number of nitrogens with zero attached hydrogens (tertiary/aromatic N) is 1. The van der Waals surface area contributed by atoms with Gasteiger partial charge in [0.1, 0.15) is 0 Å². The maximum Gasteiger partial charge on any atom is 0.253 e. The van der Waals surface area contributed by atoms with Crippen molar-refractivity contribution in [3.05, 3.63) is 68.7 Å². The van der Waals surface area contributed by atoms with Gasteiger partial charge in [0.25, 0.3) is 5.91 Å². The van der Waals surface area contributed by atoms with E-state index in [2.05, 4.69) is 5.32 Å². The second-order valence-corrected chi connectivity index (χ2v) is 7.51. The van der Waals surface area contributed by atoms with Crippen molar-refractivity contribution in [2.24, 2.45) is 0 Å². The van der Waals surface area contributed by atoms with E-state index in [0.29, 0.717) is 20.6 Å². The second kappa shape index (κ2) is 7.96. The maximum atomic E-state index is 12.9. The molecule has 1 N–H and O–H groups in total. The number of carbonyl (C=O) groups excluding carboxylic acids is 1. The molecule has 1 fully saturated rings. The molecule has 2 atom stereocenters. The maximum absolute atomic E-state index is 12.9. The molecular formula is C19H19Cl3N2O. The minimum Gasteiger partial charge on any atom is -0.338 e. The molecule has 0 radical (unpaired) electrons. The molecule has 2 unspecified atom stereocenters. The number of hydrogen-bond acceptors (Lipinski definition) is 2. The zero-order valence-electron chi connectivity index (χ0n) is 13.8. The summed E-state index contributed by atoms with van der Waals surface area (Å²) in [6.45, 7) is 1.67. The van der Waals surface area contributed by atoms with Gasteiger partial charge in [-0.05, 0) is 54.9 Å². The number of piperidine rings is 1. The number of rotatable bonds is 3. The van der Waals surface area contributed by atoms with Crippen molar-refractivity contribution < 1.29 is 4.79 Å². The number of halogens is 3. The van der Waals surface area contributed by atoms with Crippen molar-refractivity contribution in [3.8, 4) is 0 Å². The van der Waals surface area contributed by atoms with Crippen LogP contribution in [0.15, 0.2) is 42.5 Å². The molecule has 1 heterocycles. The third-order valence-corrected chi connectivity index (χ3v) is 5.72. The van der Waals surface area contributed by atoms with Crippen molar-refractivity contribution in [1.82, 2.24) is 10.2 Å². The molecule has 2 aromatic rings. The molecule has 0 aromatic heterocycles. The average Bonchev–Trinajstić information content (AvgIpc) is 2.63. The van der Waals surface area contributed by atoms with E-state index in [9.17, 15) is 4.79 Å². The minimum absolute atomic E-state index is 0.00590. The number of hydrogen-bond donors (Lipinski definition) is 1. The van der Waals surface area contributed by atoms with Crippen molar-refractivity contribution in [1.29, 1.82) is 0 Å². The quantitative estimate of drug-likeness (QED) is 0.802. The zero-order valence-corrected chi connectivity index (χ0v) is 16.1. The van der Waals surface area contributed by atoms with E-state index in [4.69, 9.17) is 34.8 Å². The molecule has 132 valence electrons.